The van der Waals surface area contributed by atoms with Gasteiger partial charge in [0, 0.05) is 25.0 Å². The van der Waals surface area contributed by atoms with Crippen molar-refractivity contribution in [2.45, 2.75) is 33.1 Å². The van der Waals surface area contributed by atoms with Crippen molar-refractivity contribution in [3.63, 3.8) is 0 Å². The Hall–Kier alpha value is -1.84. The predicted molar refractivity (Wildman–Crippen MR) is 88.9 cm³/mol. The van der Waals surface area contributed by atoms with E-state index in [1.165, 1.54) is 12.8 Å². The molecule has 0 unspecified atom stereocenters. The zero-order valence-electron chi connectivity index (χ0n) is 13.0. The van der Waals surface area contributed by atoms with Gasteiger partial charge in [-0.05, 0) is 37.3 Å². The lowest BCUT2D eigenvalue weighted by atomic mass is 9.99. The summed E-state index contributed by atoms with van der Waals surface area (Å²) >= 11 is 0. The summed E-state index contributed by atoms with van der Waals surface area (Å²) in [5.74, 6) is 2.67. The highest BCUT2D eigenvalue weighted by molar-refractivity contribution is 5.90. The zero-order valence-corrected chi connectivity index (χ0v) is 13.0. The zero-order chi connectivity index (χ0) is 14.7. The van der Waals surface area contributed by atoms with Gasteiger partial charge in [0.25, 0.3) is 0 Å². The van der Waals surface area contributed by atoms with Crippen LogP contribution in [0.25, 0.3) is 10.9 Å². The topological polar surface area (TPSA) is 41.1 Å². The Balaban J connectivity index is 1.98. The quantitative estimate of drug-likeness (QED) is 0.929. The third-order valence-corrected chi connectivity index (χ3v) is 4.20. The highest BCUT2D eigenvalue weighted by Gasteiger charge is 2.19. The minimum atomic E-state index is 0.754. The average Bonchev–Trinajstić information content (AvgIpc) is 2.53. The number of nitrogens with zero attached hydrogens (tertiary/aromatic N) is 3. The maximum absolute atomic E-state index is 4.79. The SMILES string of the molecule is CCCNc1nc(N2CCC(C)CC2)c2ccccc2n1. The molecule has 4 heteroatoms. The second-order valence-corrected chi connectivity index (χ2v) is 5.98. The van der Waals surface area contributed by atoms with Crippen molar-refractivity contribution in [3.05, 3.63) is 24.3 Å². The molecular formula is C17H24N4. The first-order valence-corrected chi connectivity index (χ1v) is 8.03. The van der Waals surface area contributed by atoms with Crippen molar-refractivity contribution in [3.8, 4) is 0 Å². The number of aromatic nitrogens is 2. The number of hydrogen-bond donors (Lipinski definition) is 1. The minimum Gasteiger partial charge on any atom is -0.356 e. The summed E-state index contributed by atoms with van der Waals surface area (Å²) in [5, 5.41) is 4.49. The Labute approximate surface area is 126 Å². The van der Waals surface area contributed by atoms with Crippen molar-refractivity contribution < 1.29 is 0 Å². The van der Waals surface area contributed by atoms with Crippen molar-refractivity contribution in [2.24, 2.45) is 5.92 Å². The number of nitrogens with one attached hydrogen (secondary N) is 1. The van der Waals surface area contributed by atoms with Crippen molar-refractivity contribution in [2.75, 3.05) is 29.9 Å². The van der Waals surface area contributed by atoms with Gasteiger partial charge < -0.3 is 10.2 Å². The van der Waals surface area contributed by atoms with Gasteiger partial charge in [-0.3, -0.25) is 0 Å². The Bertz CT molecular complexity index is 603. The number of rotatable bonds is 4. The number of fused-ring (bicyclic) bond motifs is 1. The molecule has 1 aliphatic rings. The molecule has 1 aliphatic heterocycles. The van der Waals surface area contributed by atoms with Gasteiger partial charge >= 0.3 is 0 Å². The summed E-state index contributed by atoms with van der Waals surface area (Å²) in [5.41, 5.74) is 1.03. The second kappa shape index (κ2) is 6.29. The van der Waals surface area contributed by atoms with E-state index < -0.39 is 0 Å². The maximum Gasteiger partial charge on any atom is 0.225 e. The predicted octanol–water partition coefficient (Wildman–Crippen LogP) is 3.69. The summed E-state index contributed by atoms with van der Waals surface area (Å²) in [4.78, 5) is 11.8. The molecular weight excluding hydrogens is 260 g/mol. The van der Waals surface area contributed by atoms with Crippen LogP contribution in [0.15, 0.2) is 24.3 Å². The highest BCUT2D eigenvalue weighted by Crippen LogP contribution is 2.28. The summed E-state index contributed by atoms with van der Waals surface area (Å²) in [6.07, 6.45) is 3.57. The summed E-state index contributed by atoms with van der Waals surface area (Å²) in [6, 6.07) is 8.32. The van der Waals surface area contributed by atoms with E-state index in [1.54, 1.807) is 0 Å². The first-order valence-electron chi connectivity index (χ1n) is 8.03. The molecule has 2 aromatic rings. The van der Waals surface area contributed by atoms with Crippen LogP contribution in [-0.2, 0) is 0 Å². The Morgan fingerprint density at radius 1 is 1.19 bits per heavy atom. The van der Waals surface area contributed by atoms with Gasteiger partial charge in [0.1, 0.15) is 5.82 Å². The molecule has 4 nitrogen and oxygen atoms in total. The molecule has 0 radical (unpaired) electrons. The van der Waals surface area contributed by atoms with E-state index in [4.69, 9.17) is 4.98 Å². The fourth-order valence-corrected chi connectivity index (χ4v) is 2.84. The molecule has 1 aromatic heterocycles. The molecule has 0 bridgehead atoms. The normalized spacial score (nSPS) is 16.4. The molecule has 21 heavy (non-hydrogen) atoms. The van der Waals surface area contributed by atoms with Crippen LogP contribution in [0.5, 0.6) is 0 Å². The van der Waals surface area contributed by atoms with Crippen LogP contribution in [-0.4, -0.2) is 29.6 Å². The molecule has 0 saturated carbocycles. The van der Waals surface area contributed by atoms with E-state index >= 15 is 0 Å². The average molecular weight is 284 g/mol. The molecule has 0 amide bonds. The molecule has 0 atom stereocenters. The monoisotopic (exact) mass is 284 g/mol. The molecule has 3 rings (SSSR count). The Morgan fingerprint density at radius 3 is 2.71 bits per heavy atom. The number of hydrogen-bond acceptors (Lipinski definition) is 4. The van der Waals surface area contributed by atoms with Gasteiger partial charge in [0.2, 0.25) is 5.95 Å². The van der Waals surface area contributed by atoms with Gasteiger partial charge in [0.05, 0.1) is 5.52 Å². The molecule has 1 fully saturated rings. The van der Waals surface area contributed by atoms with E-state index in [1.807, 2.05) is 6.07 Å². The van der Waals surface area contributed by atoms with Gasteiger partial charge in [-0.15, -0.1) is 0 Å². The van der Waals surface area contributed by atoms with E-state index in [-0.39, 0.29) is 0 Å². The first kappa shape index (κ1) is 14.1. The number of benzene rings is 1. The number of anilines is 2. The maximum atomic E-state index is 4.79. The fraction of sp³-hybridized carbons (Fsp3) is 0.529. The summed E-state index contributed by atoms with van der Waals surface area (Å²) in [6.45, 7) is 7.59. The van der Waals surface area contributed by atoms with Crippen LogP contribution in [0.4, 0.5) is 11.8 Å². The smallest absolute Gasteiger partial charge is 0.225 e. The molecule has 0 aliphatic carbocycles. The van der Waals surface area contributed by atoms with Crippen LogP contribution in [0.2, 0.25) is 0 Å². The third kappa shape index (κ3) is 3.09. The van der Waals surface area contributed by atoms with Crippen LogP contribution in [0.1, 0.15) is 33.1 Å². The van der Waals surface area contributed by atoms with E-state index in [9.17, 15) is 0 Å². The fourth-order valence-electron chi connectivity index (χ4n) is 2.84. The van der Waals surface area contributed by atoms with Gasteiger partial charge in [0.15, 0.2) is 0 Å². The number of para-hydroxylation sites is 1. The molecule has 2 heterocycles. The number of piperidine rings is 1. The largest absolute Gasteiger partial charge is 0.356 e. The van der Waals surface area contributed by atoms with Crippen LogP contribution >= 0.6 is 0 Å². The van der Waals surface area contributed by atoms with E-state index in [2.05, 4.69) is 47.2 Å². The van der Waals surface area contributed by atoms with Gasteiger partial charge in [-0.25, -0.2) is 4.98 Å². The summed E-state index contributed by atoms with van der Waals surface area (Å²) in [7, 11) is 0. The first-order chi connectivity index (χ1) is 10.3. The van der Waals surface area contributed by atoms with Crippen LogP contribution in [0.3, 0.4) is 0 Å². The molecule has 1 N–H and O–H groups in total. The molecule has 0 spiro atoms. The van der Waals surface area contributed by atoms with Crippen LogP contribution < -0.4 is 10.2 Å². The molecule has 1 aromatic carbocycles. The minimum absolute atomic E-state index is 0.754. The summed E-state index contributed by atoms with van der Waals surface area (Å²) < 4.78 is 0. The lowest BCUT2D eigenvalue weighted by Crippen LogP contribution is -2.33. The molecule has 112 valence electrons. The van der Waals surface area contributed by atoms with E-state index in [0.29, 0.717) is 0 Å². The highest BCUT2D eigenvalue weighted by atomic mass is 15.2. The van der Waals surface area contributed by atoms with Crippen LogP contribution in [0, 0.1) is 5.92 Å². The lowest BCUT2D eigenvalue weighted by Gasteiger charge is -2.32. The Kier molecular flexibility index (Phi) is 4.23. The third-order valence-electron chi connectivity index (χ3n) is 4.20. The second-order valence-electron chi connectivity index (χ2n) is 5.98. The van der Waals surface area contributed by atoms with Gasteiger partial charge in [-0.2, -0.15) is 4.98 Å². The van der Waals surface area contributed by atoms with E-state index in [0.717, 1.165) is 54.6 Å². The van der Waals surface area contributed by atoms with Crippen molar-refractivity contribution in [1.29, 1.82) is 0 Å². The Morgan fingerprint density at radius 2 is 1.95 bits per heavy atom. The molecule has 1 saturated heterocycles. The van der Waals surface area contributed by atoms with Gasteiger partial charge in [-0.1, -0.05) is 26.0 Å². The van der Waals surface area contributed by atoms with Crippen molar-refractivity contribution in [1.82, 2.24) is 9.97 Å². The lowest BCUT2D eigenvalue weighted by molar-refractivity contribution is 0.437. The standard InChI is InChI=1S/C17H24N4/c1-3-10-18-17-19-15-7-5-4-6-14(15)16(20-17)21-11-8-13(2)9-12-21/h4-7,13H,3,8-12H2,1-2H3,(H,18,19,20). The van der Waals surface area contributed by atoms with Crippen molar-refractivity contribution >= 4 is 22.7 Å².